The summed E-state index contributed by atoms with van der Waals surface area (Å²) in [7, 11) is 0. The van der Waals surface area contributed by atoms with Gasteiger partial charge in [-0.15, -0.1) is 0 Å². The standard InChI is InChI=1S/C23H25N7O4/c1-23(2,3)34-22(33)26-8-6-4-5-7-9-30-17-11-15(13-25)14(12-24)10-16(17)27-18-19(30)28-21(32)29-20(18)31/h10-11H,4-9H2,1-3H3,(H,26,33)(H,29,31,32). The van der Waals surface area contributed by atoms with Crippen LogP contribution < -0.4 is 16.6 Å². The number of ether oxygens (including phenoxy) is 1. The molecule has 1 aromatic carbocycles. The van der Waals surface area contributed by atoms with E-state index in [2.05, 4.69) is 20.3 Å². The molecule has 0 aromatic heterocycles. The van der Waals surface area contributed by atoms with E-state index in [0.717, 1.165) is 19.3 Å². The van der Waals surface area contributed by atoms with E-state index in [0.29, 0.717) is 30.5 Å². The van der Waals surface area contributed by atoms with Crippen molar-refractivity contribution in [3.63, 3.8) is 0 Å². The third kappa shape index (κ3) is 5.75. The van der Waals surface area contributed by atoms with Crippen LogP contribution in [0.3, 0.4) is 0 Å². The number of aryl methyl sites for hydroxylation is 1. The molecule has 176 valence electrons. The molecule has 2 N–H and O–H groups in total. The van der Waals surface area contributed by atoms with Crippen LogP contribution in [0.4, 0.5) is 4.79 Å². The summed E-state index contributed by atoms with van der Waals surface area (Å²) in [4.78, 5) is 46.2. The molecule has 0 fully saturated rings. The van der Waals surface area contributed by atoms with Gasteiger partial charge in [0.2, 0.25) is 0 Å². The zero-order valence-corrected chi connectivity index (χ0v) is 19.3. The molecule has 34 heavy (non-hydrogen) atoms. The van der Waals surface area contributed by atoms with E-state index in [4.69, 9.17) is 4.74 Å². The number of amides is 1. The Labute approximate surface area is 195 Å². The zero-order valence-electron chi connectivity index (χ0n) is 19.3. The molecule has 1 amide bonds. The number of aromatic amines is 1. The number of rotatable bonds is 7. The maximum atomic E-state index is 12.3. The summed E-state index contributed by atoms with van der Waals surface area (Å²) in [5.41, 5.74) is -0.821. The lowest BCUT2D eigenvalue weighted by atomic mass is 10.1. The second kappa shape index (κ2) is 10.1. The normalized spacial score (nSPS) is 11.2. The first kappa shape index (κ1) is 24.4. The number of nitriles is 2. The van der Waals surface area contributed by atoms with Crippen molar-refractivity contribution in [2.45, 2.75) is 58.6 Å². The second-order valence-electron chi connectivity index (χ2n) is 8.76. The highest BCUT2D eigenvalue weighted by atomic mass is 16.6. The lowest BCUT2D eigenvalue weighted by Gasteiger charge is -2.19. The number of unbranched alkanes of at least 4 members (excludes halogenated alkanes) is 3. The highest BCUT2D eigenvalue weighted by Gasteiger charge is 2.20. The molecule has 2 aliphatic rings. The van der Waals surface area contributed by atoms with E-state index in [1.807, 2.05) is 12.1 Å². The highest BCUT2D eigenvalue weighted by molar-refractivity contribution is 5.82. The minimum absolute atomic E-state index is 0.0118. The Bertz CT molecular complexity index is 1390. The Morgan fingerprint density at radius 2 is 1.76 bits per heavy atom. The van der Waals surface area contributed by atoms with Gasteiger partial charge in [-0.25, -0.2) is 14.6 Å². The van der Waals surface area contributed by atoms with Crippen molar-refractivity contribution in [1.82, 2.24) is 24.8 Å². The molecule has 0 saturated carbocycles. The minimum Gasteiger partial charge on any atom is -0.444 e. The Morgan fingerprint density at radius 1 is 1.09 bits per heavy atom. The molecule has 0 saturated heterocycles. The van der Waals surface area contributed by atoms with Gasteiger partial charge in [0.25, 0.3) is 5.56 Å². The number of carbonyl (C=O) groups excluding carboxylic acids is 1. The Kier molecular flexibility index (Phi) is 7.27. The van der Waals surface area contributed by atoms with Crippen LogP contribution in [0.2, 0.25) is 0 Å². The van der Waals surface area contributed by atoms with Gasteiger partial charge >= 0.3 is 11.8 Å². The van der Waals surface area contributed by atoms with Crippen molar-refractivity contribution in [3.05, 3.63) is 44.1 Å². The number of benzene rings is 1. The predicted molar refractivity (Wildman–Crippen MR) is 123 cm³/mol. The van der Waals surface area contributed by atoms with Gasteiger partial charge in [-0.05, 0) is 45.7 Å². The Balaban J connectivity index is 1.76. The van der Waals surface area contributed by atoms with E-state index >= 15 is 0 Å². The van der Waals surface area contributed by atoms with Gasteiger partial charge < -0.3 is 14.6 Å². The number of carbonyl (C=O) groups is 1. The lowest BCUT2D eigenvalue weighted by Crippen LogP contribution is -2.32. The van der Waals surface area contributed by atoms with Gasteiger partial charge in [-0.1, -0.05) is 12.8 Å². The van der Waals surface area contributed by atoms with E-state index in [-0.39, 0.29) is 22.6 Å². The molecular formula is C23H25N7O4. The number of fused-ring (bicyclic) bond motifs is 2. The summed E-state index contributed by atoms with van der Waals surface area (Å²) in [6.07, 6.45) is 2.64. The van der Waals surface area contributed by atoms with E-state index in [1.54, 1.807) is 25.3 Å². The topological polar surface area (TPSA) is 167 Å². The average molecular weight is 463 g/mol. The molecule has 0 aliphatic carbocycles. The molecule has 0 radical (unpaired) electrons. The third-order valence-corrected chi connectivity index (χ3v) is 4.97. The lowest BCUT2D eigenvalue weighted by molar-refractivity contribution is 0.0527. The number of hydrogen-bond acceptors (Lipinski definition) is 8. The van der Waals surface area contributed by atoms with Gasteiger partial charge in [-0.2, -0.15) is 15.5 Å². The number of nitrogens with zero attached hydrogens (tertiary/aromatic N) is 5. The fourth-order valence-corrected chi connectivity index (χ4v) is 3.51. The van der Waals surface area contributed by atoms with Crippen molar-refractivity contribution < 1.29 is 9.53 Å². The summed E-state index contributed by atoms with van der Waals surface area (Å²) in [5.74, 6) is 0.126. The van der Waals surface area contributed by atoms with Crippen molar-refractivity contribution in [3.8, 4) is 23.7 Å². The third-order valence-electron chi connectivity index (χ3n) is 4.97. The van der Waals surface area contributed by atoms with Crippen molar-refractivity contribution in [2.24, 2.45) is 0 Å². The van der Waals surface area contributed by atoms with Crippen LogP contribution in [0.15, 0.2) is 21.7 Å². The zero-order chi connectivity index (χ0) is 24.9. The van der Waals surface area contributed by atoms with Gasteiger partial charge in [-0.3, -0.25) is 9.78 Å². The largest absolute Gasteiger partial charge is 0.444 e. The maximum absolute atomic E-state index is 12.3. The number of alkyl carbamates (subject to hydrolysis) is 1. The molecule has 11 heteroatoms. The summed E-state index contributed by atoms with van der Waals surface area (Å²) in [5, 5.41) is 21.5. The fourth-order valence-electron chi connectivity index (χ4n) is 3.51. The minimum atomic E-state index is -0.783. The number of H-pyrrole nitrogens is 1. The van der Waals surface area contributed by atoms with Crippen LogP contribution in [-0.2, 0) is 11.3 Å². The first-order chi connectivity index (χ1) is 16.1. The number of aromatic nitrogens is 4. The average Bonchev–Trinajstić information content (AvgIpc) is 2.76. The quantitative estimate of drug-likeness (QED) is 0.398. The first-order valence-electron chi connectivity index (χ1n) is 10.9. The molecule has 0 bridgehead atoms. The van der Waals surface area contributed by atoms with Crippen LogP contribution in [0.1, 0.15) is 57.6 Å². The van der Waals surface area contributed by atoms with Crippen LogP contribution >= 0.6 is 0 Å². The maximum Gasteiger partial charge on any atom is 0.407 e. The molecule has 0 atom stereocenters. The van der Waals surface area contributed by atoms with Crippen LogP contribution in [-0.4, -0.2) is 37.8 Å². The van der Waals surface area contributed by atoms with Gasteiger partial charge in [0.1, 0.15) is 17.7 Å². The molecule has 2 heterocycles. The van der Waals surface area contributed by atoms with E-state index in [9.17, 15) is 24.9 Å². The SMILES string of the molecule is CC(C)(C)OC(=O)NCCCCCCn1c2nc(=O)[nH]c(=O)c-2nc2cc(C#N)c(C#N)cc21. The molecule has 0 unspecified atom stereocenters. The molecule has 0 spiro atoms. The van der Waals surface area contributed by atoms with Crippen molar-refractivity contribution in [2.75, 3.05) is 6.54 Å². The number of nitrogens with one attached hydrogen (secondary N) is 2. The second-order valence-corrected chi connectivity index (χ2v) is 8.76. The van der Waals surface area contributed by atoms with Crippen LogP contribution in [0.5, 0.6) is 0 Å². The smallest absolute Gasteiger partial charge is 0.407 e. The molecule has 2 aliphatic heterocycles. The van der Waals surface area contributed by atoms with Gasteiger partial charge in [0.15, 0.2) is 11.5 Å². The monoisotopic (exact) mass is 463 g/mol. The fraction of sp³-hybridized carbons (Fsp3) is 0.435. The molecular weight excluding hydrogens is 438 g/mol. The Morgan fingerprint density at radius 3 is 2.44 bits per heavy atom. The predicted octanol–water partition coefficient (Wildman–Crippen LogP) is 2.41. The first-order valence-corrected chi connectivity index (χ1v) is 10.9. The van der Waals surface area contributed by atoms with Gasteiger partial charge in [0.05, 0.1) is 22.2 Å². The van der Waals surface area contributed by atoms with Crippen LogP contribution in [0.25, 0.3) is 22.6 Å². The van der Waals surface area contributed by atoms with E-state index in [1.165, 1.54) is 12.1 Å². The molecule has 3 rings (SSSR count). The number of hydrogen-bond donors (Lipinski definition) is 2. The highest BCUT2D eigenvalue weighted by Crippen LogP contribution is 2.24. The molecule has 11 nitrogen and oxygen atoms in total. The van der Waals surface area contributed by atoms with Gasteiger partial charge in [0, 0.05) is 13.1 Å². The van der Waals surface area contributed by atoms with Crippen molar-refractivity contribution in [1.29, 1.82) is 10.5 Å². The molecule has 1 aromatic rings. The summed E-state index contributed by atoms with van der Waals surface area (Å²) in [6, 6.07) is 6.93. The van der Waals surface area contributed by atoms with Crippen LogP contribution in [0, 0.1) is 22.7 Å². The summed E-state index contributed by atoms with van der Waals surface area (Å²) >= 11 is 0. The summed E-state index contributed by atoms with van der Waals surface area (Å²) < 4.78 is 6.89. The summed E-state index contributed by atoms with van der Waals surface area (Å²) in [6.45, 7) is 6.31. The Hall–Kier alpha value is -4.25. The van der Waals surface area contributed by atoms with E-state index < -0.39 is 22.9 Å². The van der Waals surface area contributed by atoms with Crippen molar-refractivity contribution >= 4 is 17.1 Å².